The van der Waals surface area contributed by atoms with Crippen LogP contribution in [-0.4, -0.2) is 41.5 Å². The van der Waals surface area contributed by atoms with Crippen LogP contribution in [0.2, 0.25) is 0 Å². The molecular weight excluding hydrogens is 340 g/mol. The minimum Gasteiger partial charge on any atom is -0.394 e. The highest BCUT2D eigenvalue weighted by Gasteiger charge is 2.11. The van der Waals surface area contributed by atoms with Crippen LogP contribution in [0.3, 0.4) is 0 Å². The lowest BCUT2D eigenvalue weighted by molar-refractivity contribution is -0.122. The lowest BCUT2D eigenvalue weighted by Crippen LogP contribution is -2.47. The molecule has 162 valence electrons. The average molecular weight is 387 g/mol. The van der Waals surface area contributed by atoms with Gasteiger partial charge in [-0.05, 0) is 12.8 Å². The molecule has 4 N–H and O–H groups in total. The van der Waals surface area contributed by atoms with Gasteiger partial charge in [-0.1, -0.05) is 90.9 Å². The first-order chi connectivity index (χ1) is 13.1. The number of rotatable bonds is 20. The number of carbonyl (C=O) groups excluding carboxylic acids is 1. The number of aliphatic hydroxyl groups is 2. The molecule has 0 bridgehead atoms. The minimum absolute atomic E-state index is 0.0657. The number of carbonyl (C=O) groups is 1. The molecule has 0 aromatic rings. The van der Waals surface area contributed by atoms with E-state index in [9.17, 15) is 9.90 Å². The highest BCUT2D eigenvalue weighted by atomic mass is 16.3. The molecule has 27 heavy (non-hydrogen) atoms. The number of unbranched alkanes of at least 4 members (excludes halogenated alkanes) is 12. The zero-order valence-corrected chi connectivity index (χ0v) is 18.0. The van der Waals surface area contributed by atoms with Crippen LogP contribution in [0, 0.1) is 0 Å². The number of nitrogens with one attached hydrogen (secondary N) is 2. The summed E-state index contributed by atoms with van der Waals surface area (Å²) in [6.07, 6.45) is 17.4. The molecular formula is C22H46N2O3. The Balaban J connectivity index is 3.42. The van der Waals surface area contributed by atoms with Gasteiger partial charge in [0.05, 0.1) is 18.9 Å². The second-order valence-corrected chi connectivity index (χ2v) is 7.77. The molecule has 0 aliphatic rings. The maximum absolute atomic E-state index is 12.0. The maximum Gasteiger partial charge on any atom is 0.221 e. The molecule has 0 aliphatic heterocycles. The van der Waals surface area contributed by atoms with Gasteiger partial charge >= 0.3 is 0 Å². The van der Waals surface area contributed by atoms with E-state index < -0.39 is 6.10 Å². The van der Waals surface area contributed by atoms with Crippen molar-refractivity contribution in [2.75, 3.05) is 13.2 Å². The van der Waals surface area contributed by atoms with Gasteiger partial charge in [0.25, 0.3) is 0 Å². The largest absolute Gasteiger partial charge is 0.394 e. The summed E-state index contributed by atoms with van der Waals surface area (Å²) in [5.74, 6) is 0.0657. The van der Waals surface area contributed by atoms with E-state index >= 15 is 0 Å². The fourth-order valence-electron chi connectivity index (χ4n) is 3.21. The summed E-state index contributed by atoms with van der Waals surface area (Å²) < 4.78 is 0. The summed E-state index contributed by atoms with van der Waals surface area (Å²) in [5, 5.41) is 24.2. The Hall–Kier alpha value is -0.650. The van der Waals surface area contributed by atoms with Gasteiger partial charge in [0.15, 0.2) is 0 Å². The van der Waals surface area contributed by atoms with Gasteiger partial charge in [-0.25, -0.2) is 0 Å². The molecule has 5 heteroatoms. The smallest absolute Gasteiger partial charge is 0.221 e. The quantitative estimate of drug-likeness (QED) is 0.186. The summed E-state index contributed by atoms with van der Waals surface area (Å²) in [6.45, 7) is 4.26. The van der Waals surface area contributed by atoms with Crippen molar-refractivity contribution in [3.8, 4) is 0 Å². The number of aliphatic hydroxyl groups excluding tert-OH is 2. The second-order valence-electron chi connectivity index (χ2n) is 7.77. The Morgan fingerprint density at radius 2 is 1.30 bits per heavy atom. The minimum atomic E-state index is -0.781. The third-order valence-corrected chi connectivity index (χ3v) is 5.06. The van der Waals surface area contributed by atoms with Crippen molar-refractivity contribution in [1.29, 1.82) is 0 Å². The zero-order valence-electron chi connectivity index (χ0n) is 18.0. The first-order valence-electron chi connectivity index (χ1n) is 11.5. The monoisotopic (exact) mass is 386 g/mol. The van der Waals surface area contributed by atoms with Gasteiger partial charge < -0.3 is 15.5 Å². The molecule has 0 aromatic carbocycles. The summed E-state index contributed by atoms with van der Waals surface area (Å²) in [6, 6.07) is 0. The number of hydrogen-bond acceptors (Lipinski definition) is 4. The van der Waals surface area contributed by atoms with E-state index in [4.69, 9.17) is 5.11 Å². The third-order valence-electron chi connectivity index (χ3n) is 5.06. The van der Waals surface area contributed by atoms with Crippen molar-refractivity contribution in [2.24, 2.45) is 0 Å². The lowest BCUT2D eigenvalue weighted by Gasteiger charge is -2.20. The van der Waals surface area contributed by atoms with Crippen LogP contribution in [0.5, 0.6) is 0 Å². The maximum atomic E-state index is 12.0. The van der Waals surface area contributed by atoms with E-state index in [1.165, 1.54) is 70.6 Å². The highest BCUT2D eigenvalue weighted by molar-refractivity contribution is 5.76. The van der Waals surface area contributed by atoms with Gasteiger partial charge in [-0.15, -0.1) is 0 Å². The lowest BCUT2D eigenvalue weighted by atomic mass is 10.0. The molecule has 2 atom stereocenters. The SMILES string of the molecule is CCCCCCCCCCCCCCCC(=O)NC(CC)NCC(O)CO. The standard InChI is InChI=1S/C22H46N2O3/c1-3-5-6-7-8-9-10-11-12-13-14-15-16-17-22(27)24-21(4-2)23-18-20(26)19-25/h20-21,23,25-26H,3-19H2,1-2H3,(H,24,27). The molecule has 0 heterocycles. The molecule has 0 rings (SSSR count). The number of hydrogen-bond donors (Lipinski definition) is 4. The van der Waals surface area contributed by atoms with E-state index in [2.05, 4.69) is 17.6 Å². The van der Waals surface area contributed by atoms with Crippen LogP contribution >= 0.6 is 0 Å². The van der Waals surface area contributed by atoms with Gasteiger partial charge in [0.2, 0.25) is 5.91 Å². The Kier molecular flexibility index (Phi) is 19.6. The molecule has 0 aromatic heterocycles. The van der Waals surface area contributed by atoms with Gasteiger partial charge in [-0.2, -0.15) is 0 Å². The van der Waals surface area contributed by atoms with Gasteiger partial charge in [-0.3, -0.25) is 10.1 Å². The van der Waals surface area contributed by atoms with Crippen LogP contribution in [0.1, 0.15) is 110 Å². The van der Waals surface area contributed by atoms with Gasteiger partial charge in [0, 0.05) is 13.0 Å². The summed E-state index contributed by atoms with van der Waals surface area (Å²) in [5.41, 5.74) is 0. The van der Waals surface area contributed by atoms with Crippen molar-refractivity contribution >= 4 is 5.91 Å². The average Bonchev–Trinajstić information content (AvgIpc) is 2.68. The Labute approximate surface area is 167 Å². The van der Waals surface area contributed by atoms with Crippen LogP contribution in [0.25, 0.3) is 0 Å². The molecule has 0 saturated carbocycles. The van der Waals surface area contributed by atoms with E-state index in [1.54, 1.807) is 0 Å². The van der Waals surface area contributed by atoms with Crippen LogP contribution in [-0.2, 0) is 4.79 Å². The van der Waals surface area contributed by atoms with E-state index in [1.807, 2.05) is 6.92 Å². The summed E-state index contributed by atoms with van der Waals surface area (Å²) in [7, 11) is 0. The zero-order chi connectivity index (χ0) is 20.2. The highest BCUT2D eigenvalue weighted by Crippen LogP contribution is 2.12. The fraction of sp³-hybridized carbons (Fsp3) is 0.955. The topological polar surface area (TPSA) is 81.6 Å². The molecule has 1 amide bonds. The van der Waals surface area contributed by atoms with Crippen molar-refractivity contribution in [2.45, 2.75) is 122 Å². The third kappa shape index (κ3) is 18.5. The van der Waals surface area contributed by atoms with Crippen molar-refractivity contribution < 1.29 is 15.0 Å². The van der Waals surface area contributed by atoms with Crippen molar-refractivity contribution in [3.63, 3.8) is 0 Å². The Morgan fingerprint density at radius 3 is 1.74 bits per heavy atom. The first kappa shape index (κ1) is 26.4. The van der Waals surface area contributed by atoms with E-state index in [0.29, 0.717) is 6.42 Å². The normalized spacial score (nSPS) is 13.5. The Morgan fingerprint density at radius 1 is 0.815 bits per heavy atom. The molecule has 0 saturated heterocycles. The van der Waals surface area contributed by atoms with Crippen LogP contribution in [0.4, 0.5) is 0 Å². The van der Waals surface area contributed by atoms with Crippen molar-refractivity contribution in [1.82, 2.24) is 10.6 Å². The second kappa shape index (κ2) is 20.1. The van der Waals surface area contributed by atoms with E-state index in [-0.39, 0.29) is 25.2 Å². The van der Waals surface area contributed by atoms with E-state index in [0.717, 1.165) is 19.3 Å². The fourth-order valence-corrected chi connectivity index (χ4v) is 3.21. The number of amides is 1. The summed E-state index contributed by atoms with van der Waals surface area (Å²) in [4.78, 5) is 12.0. The van der Waals surface area contributed by atoms with Crippen molar-refractivity contribution in [3.05, 3.63) is 0 Å². The molecule has 2 unspecified atom stereocenters. The molecule has 0 radical (unpaired) electrons. The van der Waals surface area contributed by atoms with Gasteiger partial charge in [0.1, 0.15) is 0 Å². The molecule has 0 aliphatic carbocycles. The predicted octanol–water partition coefficient (Wildman–Crippen LogP) is 4.26. The predicted molar refractivity (Wildman–Crippen MR) is 114 cm³/mol. The molecule has 0 spiro atoms. The summed E-state index contributed by atoms with van der Waals surface area (Å²) >= 11 is 0. The molecule has 5 nitrogen and oxygen atoms in total. The van der Waals surface area contributed by atoms with Crippen LogP contribution < -0.4 is 10.6 Å². The van der Waals surface area contributed by atoms with Crippen LogP contribution in [0.15, 0.2) is 0 Å². The Bertz CT molecular complexity index is 327. The first-order valence-corrected chi connectivity index (χ1v) is 11.5. The molecule has 0 fully saturated rings.